The Hall–Kier alpha value is -4.04. The number of urea groups is 1. The molecule has 3 N–H and O–H groups in total. The second-order valence-electron chi connectivity index (χ2n) is 7.24. The third kappa shape index (κ3) is 4.33. The molecular weight excluding hydrogens is 446 g/mol. The third-order valence-corrected chi connectivity index (χ3v) is 5.54. The van der Waals surface area contributed by atoms with Crippen molar-refractivity contribution in [3.63, 3.8) is 0 Å². The van der Waals surface area contributed by atoms with E-state index in [2.05, 4.69) is 10.6 Å². The molecule has 0 saturated heterocycles. The minimum absolute atomic E-state index is 0.0406. The molecule has 0 fully saturated rings. The highest BCUT2D eigenvalue weighted by Gasteiger charge is 2.33. The Kier molecular flexibility index (Phi) is 6.19. The summed E-state index contributed by atoms with van der Waals surface area (Å²) in [5, 5.41) is 28.1. The van der Waals surface area contributed by atoms with Gasteiger partial charge >= 0.3 is 11.7 Å². The van der Waals surface area contributed by atoms with Gasteiger partial charge in [-0.3, -0.25) is 10.1 Å². The lowest BCUT2D eigenvalue weighted by Gasteiger charge is -2.31. The molecule has 33 heavy (non-hydrogen) atoms. The molecule has 0 bridgehead atoms. The number of nitrogens with one attached hydrogen (secondary N) is 2. The van der Waals surface area contributed by atoms with Crippen LogP contribution in [0.25, 0.3) is 11.3 Å². The van der Waals surface area contributed by atoms with Gasteiger partial charge in [-0.15, -0.1) is 0 Å². The number of benzene rings is 3. The molecule has 1 unspecified atom stereocenters. The van der Waals surface area contributed by atoms with Gasteiger partial charge in [0.15, 0.2) is 5.75 Å². The summed E-state index contributed by atoms with van der Waals surface area (Å²) in [4.78, 5) is 23.6. The molecule has 168 valence electrons. The molecule has 0 aliphatic carbocycles. The van der Waals surface area contributed by atoms with Crippen LogP contribution >= 0.6 is 11.6 Å². The van der Waals surface area contributed by atoms with Crippen LogP contribution in [0, 0.1) is 10.1 Å². The van der Waals surface area contributed by atoms with E-state index in [0.29, 0.717) is 27.4 Å². The van der Waals surface area contributed by atoms with Gasteiger partial charge in [0, 0.05) is 22.2 Å². The van der Waals surface area contributed by atoms with Crippen molar-refractivity contribution >= 4 is 34.6 Å². The molecule has 0 radical (unpaired) electrons. The predicted molar refractivity (Wildman–Crippen MR) is 125 cm³/mol. The number of phenols is 1. The average Bonchev–Trinajstić information content (AvgIpc) is 2.80. The van der Waals surface area contributed by atoms with Gasteiger partial charge in [-0.05, 0) is 30.2 Å². The Labute approximate surface area is 194 Å². The van der Waals surface area contributed by atoms with Crippen LogP contribution in [0.15, 0.2) is 66.7 Å². The first-order chi connectivity index (χ1) is 15.9. The highest BCUT2D eigenvalue weighted by molar-refractivity contribution is 6.32. The Morgan fingerprint density at radius 3 is 2.48 bits per heavy atom. The van der Waals surface area contributed by atoms with Gasteiger partial charge in [0.25, 0.3) is 0 Å². The van der Waals surface area contributed by atoms with Crippen molar-refractivity contribution in [2.45, 2.75) is 13.0 Å². The summed E-state index contributed by atoms with van der Waals surface area (Å²) in [5.74, 6) is -0.608. The molecular formula is C24H20ClN3O5. The van der Waals surface area contributed by atoms with E-state index in [-0.39, 0.29) is 12.4 Å². The quantitative estimate of drug-likeness (QED) is 0.338. The van der Waals surface area contributed by atoms with Crippen molar-refractivity contribution in [2.24, 2.45) is 0 Å². The Morgan fingerprint density at radius 1 is 1.12 bits per heavy atom. The smallest absolute Gasteiger partial charge is 0.320 e. The monoisotopic (exact) mass is 465 g/mol. The van der Waals surface area contributed by atoms with Gasteiger partial charge in [-0.2, -0.15) is 0 Å². The molecule has 0 saturated carbocycles. The molecule has 9 heteroatoms. The van der Waals surface area contributed by atoms with E-state index in [9.17, 15) is 20.0 Å². The topological polar surface area (TPSA) is 114 Å². The normalized spacial score (nSPS) is 15.6. The lowest BCUT2D eigenvalue weighted by Crippen LogP contribution is -2.43. The van der Waals surface area contributed by atoms with E-state index in [1.54, 1.807) is 31.2 Å². The van der Waals surface area contributed by atoms with Gasteiger partial charge in [-0.1, -0.05) is 60.1 Å². The maximum absolute atomic E-state index is 12.7. The minimum atomic E-state index is -0.786. The van der Waals surface area contributed by atoms with E-state index >= 15 is 0 Å². The minimum Gasteiger partial charge on any atom is -0.500 e. The second kappa shape index (κ2) is 9.22. The molecule has 1 aliphatic heterocycles. The van der Waals surface area contributed by atoms with Gasteiger partial charge < -0.3 is 20.5 Å². The first-order valence-electron chi connectivity index (χ1n) is 10.2. The highest BCUT2D eigenvalue weighted by Crippen LogP contribution is 2.44. The Bertz CT molecular complexity index is 1260. The molecule has 4 rings (SSSR count). The van der Waals surface area contributed by atoms with Crippen molar-refractivity contribution in [1.82, 2.24) is 10.6 Å². The van der Waals surface area contributed by atoms with Crippen LogP contribution in [0.2, 0.25) is 5.02 Å². The number of ether oxygens (including phenoxy) is 1. The maximum Gasteiger partial charge on any atom is 0.320 e. The first-order valence-corrected chi connectivity index (χ1v) is 10.5. The van der Waals surface area contributed by atoms with Crippen molar-refractivity contribution in [3.05, 3.63) is 98.6 Å². The van der Waals surface area contributed by atoms with Crippen LogP contribution in [-0.2, 0) is 0 Å². The molecule has 3 aromatic rings. The van der Waals surface area contributed by atoms with E-state index in [1.165, 1.54) is 12.1 Å². The van der Waals surface area contributed by atoms with Crippen molar-refractivity contribution in [3.8, 4) is 11.5 Å². The van der Waals surface area contributed by atoms with Gasteiger partial charge in [0.1, 0.15) is 0 Å². The zero-order chi connectivity index (χ0) is 23.5. The lowest BCUT2D eigenvalue weighted by molar-refractivity contribution is -0.386. The summed E-state index contributed by atoms with van der Waals surface area (Å²) in [6.07, 6.45) is 0. The highest BCUT2D eigenvalue weighted by atomic mass is 35.5. The number of nitrogens with zero attached hydrogens (tertiary/aromatic N) is 1. The molecule has 1 heterocycles. The number of hydrogen-bond donors (Lipinski definition) is 3. The standard InChI is InChI=1S/C24H20ClN3O5/c1-2-33-19-13-15(12-18(23(19)29)28(31)32)21-20(14-8-4-3-5-9-14)22(27-24(30)26-21)16-10-6-7-11-17(16)25/h3-13,21,29H,2H2,1H3,(H2,26,27,30). The zero-order valence-electron chi connectivity index (χ0n) is 17.5. The number of aromatic hydroxyl groups is 1. The van der Waals surface area contributed by atoms with E-state index < -0.39 is 28.4 Å². The third-order valence-electron chi connectivity index (χ3n) is 5.21. The zero-order valence-corrected chi connectivity index (χ0v) is 18.3. The van der Waals surface area contributed by atoms with E-state index in [1.807, 2.05) is 30.3 Å². The molecule has 1 atom stereocenters. The summed E-state index contributed by atoms with van der Waals surface area (Å²) in [7, 11) is 0. The number of hydrogen-bond acceptors (Lipinski definition) is 5. The van der Waals surface area contributed by atoms with Crippen molar-refractivity contribution in [1.29, 1.82) is 0 Å². The fourth-order valence-electron chi connectivity index (χ4n) is 3.80. The van der Waals surface area contributed by atoms with Gasteiger partial charge in [0.05, 0.1) is 23.3 Å². The van der Waals surface area contributed by atoms with Crippen LogP contribution < -0.4 is 15.4 Å². The molecule has 0 aromatic heterocycles. The summed E-state index contributed by atoms with van der Waals surface area (Å²) < 4.78 is 5.44. The molecule has 2 amide bonds. The number of rotatable bonds is 6. The average molecular weight is 466 g/mol. The molecule has 0 spiro atoms. The van der Waals surface area contributed by atoms with Crippen molar-refractivity contribution < 1.29 is 19.6 Å². The van der Waals surface area contributed by atoms with Crippen molar-refractivity contribution in [2.75, 3.05) is 6.61 Å². The number of phenolic OH excluding ortho intramolecular Hbond substituents is 1. The fourth-order valence-corrected chi connectivity index (χ4v) is 4.04. The summed E-state index contributed by atoms with van der Waals surface area (Å²) in [6, 6.07) is 17.9. The fraction of sp³-hybridized carbons (Fsp3) is 0.125. The van der Waals surface area contributed by atoms with Crippen LogP contribution in [0.5, 0.6) is 11.5 Å². The SMILES string of the molecule is CCOc1cc(C2NC(=O)NC(c3ccccc3Cl)=C2c2ccccc2)cc([N+](=O)[O-])c1O. The number of halogens is 1. The number of carbonyl (C=O) groups is 1. The Balaban J connectivity index is 2.01. The van der Waals surface area contributed by atoms with Gasteiger partial charge in [-0.25, -0.2) is 4.79 Å². The summed E-state index contributed by atoms with van der Waals surface area (Å²) >= 11 is 6.46. The van der Waals surface area contributed by atoms with Crippen LogP contribution in [-0.4, -0.2) is 22.7 Å². The molecule has 1 aliphatic rings. The van der Waals surface area contributed by atoms with E-state index in [4.69, 9.17) is 16.3 Å². The maximum atomic E-state index is 12.7. The summed E-state index contributed by atoms with van der Waals surface area (Å²) in [5.41, 5.74) is 2.38. The largest absolute Gasteiger partial charge is 0.500 e. The number of amides is 2. The van der Waals surface area contributed by atoms with Crippen LogP contribution in [0.4, 0.5) is 10.5 Å². The predicted octanol–water partition coefficient (Wildman–Crippen LogP) is 5.27. The number of carbonyl (C=O) groups excluding carboxylic acids is 1. The number of nitro benzene ring substituents is 1. The van der Waals surface area contributed by atoms with Crippen LogP contribution in [0.3, 0.4) is 0 Å². The number of nitro groups is 1. The van der Waals surface area contributed by atoms with E-state index in [0.717, 1.165) is 5.56 Å². The molecule has 3 aromatic carbocycles. The van der Waals surface area contributed by atoms with Crippen LogP contribution in [0.1, 0.15) is 29.7 Å². The first kappa shape index (κ1) is 22.2. The van der Waals surface area contributed by atoms with Gasteiger partial charge in [0.2, 0.25) is 5.75 Å². The second-order valence-corrected chi connectivity index (χ2v) is 7.65. The summed E-state index contributed by atoms with van der Waals surface area (Å²) in [6.45, 7) is 1.90. The lowest BCUT2D eigenvalue weighted by atomic mass is 9.87. The Morgan fingerprint density at radius 2 is 1.82 bits per heavy atom. The molecule has 8 nitrogen and oxygen atoms in total.